The minimum absolute atomic E-state index is 0.0746. The van der Waals surface area contributed by atoms with E-state index in [1.165, 1.54) is 16.4 Å². The van der Waals surface area contributed by atoms with Gasteiger partial charge < -0.3 is 14.7 Å². The van der Waals surface area contributed by atoms with Gasteiger partial charge in [0.15, 0.2) is 0 Å². The largest absolute Gasteiger partial charge is 0.385 e. The van der Waals surface area contributed by atoms with Crippen LogP contribution in [0.2, 0.25) is 10.0 Å². The van der Waals surface area contributed by atoms with Gasteiger partial charge in [-0.1, -0.05) is 35.3 Å². The highest BCUT2D eigenvalue weighted by Gasteiger charge is 2.38. The van der Waals surface area contributed by atoms with Gasteiger partial charge in [0.2, 0.25) is 15.9 Å². The molecule has 2 fully saturated rings. The Labute approximate surface area is 209 Å². The Kier molecular flexibility index (Phi) is 7.81. The Hall–Kier alpha value is -1.75. The van der Waals surface area contributed by atoms with Crippen LogP contribution in [-0.2, 0) is 25.2 Å². The predicted octanol–water partition coefficient (Wildman–Crippen LogP) is 3.07. The average molecular weight is 528 g/mol. The van der Waals surface area contributed by atoms with Gasteiger partial charge in [-0.2, -0.15) is 4.31 Å². The van der Waals surface area contributed by atoms with Crippen molar-refractivity contribution in [3.05, 3.63) is 58.3 Å². The molecule has 0 spiro atoms. The summed E-state index contributed by atoms with van der Waals surface area (Å²) in [6.45, 7) is 1.10. The normalized spacial score (nSPS) is 21.0. The number of piperidine rings is 1. The van der Waals surface area contributed by atoms with E-state index in [1.807, 2.05) is 6.07 Å². The molecule has 0 aliphatic carbocycles. The highest BCUT2D eigenvalue weighted by atomic mass is 35.5. The second-order valence-corrected chi connectivity index (χ2v) is 11.3. The lowest BCUT2D eigenvalue weighted by atomic mass is 9.85. The number of likely N-dealkylation sites (tertiary alicyclic amines) is 1. The molecule has 1 amide bonds. The third kappa shape index (κ3) is 5.24. The molecule has 2 aromatic rings. The summed E-state index contributed by atoms with van der Waals surface area (Å²) in [4.78, 5) is 18.3. The summed E-state index contributed by atoms with van der Waals surface area (Å²) in [6, 6.07) is 7.80. The van der Waals surface area contributed by atoms with E-state index < -0.39 is 21.7 Å². The van der Waals surface area contributed by atoms with E-state index in [9.17, 15) is 18.3 Å². The van der Waals surface area contributed by atoms with Gasteiger partial charge in [-0.25, -0.2) is 8.42 Å². The van der Waals surface area contributed by atoms with Gasteiger partial charge >= 0.3 is 0 Å². The summed E-state index contributed by atoms with van der Waals surface area (Å²) < 4.78 is 33.4. The number of aromatic nitrogens is 1. The fraction of sp³-hybridized carbons (Fsp3) is 0.478. The number of sulfonamides is 1. The van der Waals surface area contributed by atoms with Crippen LogP contribution in [0.3, 0.4) is 0 Å². The first-order valence-electron chi connectivity index (χ1n) is 11.2. The Morgan fingerprint density at radius 2 is 1.85 bits per heavy atom. The van der Waals surface area contributed by atoms with Gasteiger partial charge in [0.05, 0.1) is 22.3 Å². The molecule has 1 aromatic carbocycles. The Balaban J connectivity index is 1.31. The number of carbonyl (C=O) groups is 1. The van der Waals surface area contributed by atoms with Gasteiger partial charge in [0.25, 0.3) is 0 Å². The molecule has 184 valence electrons. The van der Waals surface area contributed by atoms with E-state index >= 15 is 0 Å². The smallest absolute Gasteiger partial charge is 0.248 e. The molecule has 8 nitrogen and oxygen atoms in total. The Bertz CT molecular complexity index is 1100. The van der Waals surface area contributed by atoms with Crippen molar-refractivity contribution in [3.63, 3.8) is 0 Å². The second-order valence-electron chi connectivity index (χ2n) is 8.63. The quantitative estimate of drug-likeness (QED) is 0.593. The van der Waals surface area contributed by atoms with Crippen molar-refractivity contribution in [2.24, 2.45) is 0 Å². The van der Waals surface area contributed by atoms with Crippen LogP contribution in [0.25, 0.3) is 0 Å². The zero-order valence-corrected chi connectivity index (χ0v) is 20.9. The topological polar surface area (TPSA) is 100 Å². The predicted molar refractivity (Wildman–Crippen MR) is 128 cm³/mol. The molecule has 3 heterocycles. The molecular weight excluding hydrogens is 501 g/mol. The minimum Gasteiger partial charge on any atom is -0.385 e. The first kappa shape index (κ1) is 25.3. The fourth-order valence-electron chi connectivity index (χ4n) is 4.56. The van der Waals surface area contributed by atoms with Crippen molar-refractivity contribution >= 4 is 39.1 Å². The second kappa shape index (κ2) is 10.5. The lowest BCUT2D eigenvalue weighted by Gasteiger charge is -2.38. The number of halogens is 2. The van der Waals surface area contributed by atoms with E-state index in [-0.39, 0.29) is 34.1 Å². The Morgan fingerprint density at radius 3 is 2.50 bits per heavy atom. The molecule has 1 unspecified atom stereocenters. The van der Waals surface area contributed by atoms with E-state index in [0.717, 1.165) is 5.56 Å². The van der Waals surface area contributed by atoms with Crippen molar-refractivity contribution < 1.29 is 23.1 Å². The molecule has 2 aliphatic heterocycles. The van der Waals surface area contributed by atoms with E-state index in [1.54, 1.807) is 29.4 Å². The van der Waals surface area contributed by atoms with Crippen LogP contribution in [-0.4, -0.2) is 72.5 Å². The molecule has 0 radical (unpaired) electrons. The molecule has 34 heavy (non-hydrogen) atoms. The molecule has 0 saturated carbocycles. The maximum absolute atomic E-state index is 13.2. The molecule has 11 heteroatoms. The van der Waals surface area contributed by atoms with Crippen LogP contribution < -0.4 is 0 Å². The van der Waals surface area contributed by atoms with Crippen LogP contribution in [0, 0.1) is 0 Å². The van der Waals surface area contributed by atoms with Crippen LogP contribution in [0.1, 0.15) is 31.2 Å². The first-order valence-corrected chi connectivity index (χ1v) is 13.4. The summed E-state index contributed by atoms with van der Waals surface area (Å²) in [5.41, 5.74) is -0.246. The minimum atomic E-state index is -3.90. The third-order valence-electron chi connectivity index (χ3n) is 6.49. The fourth-order valence-corrected chi connectivity index (χ4v) is 7.34. The maximum atomic E-state index is 13.2. The summed E-state index contributed by atoms with van der Waals surface area (Å²) >= 11 is 12.3. The Morgan fingerprint density at radius 1 is 1.15 bits per heavy atom. The zero-order chi connectivity index (χ0) is 24.3. The van der Waals surface area contributed by atoms with Gasteiger partial charge in [-0.15, -0.1) is 0 Å². The maximum Gasteiger partial charge on any atom is 0.248 e. The molecule has 2 aliphatic rings. The zero-order valence-electron chi connectivity index (χ0n) is 18.6. The van der Waals surface area contributed by atoms with E-state index in [4.69, 9.17) is 27.9 Å². The van der Waals surface area contributed by atoms with Crippen molar-refractivity contribution in [2.75, 3.05) is 32.8 Å². The SMILES string of the molecule is O=C(COCC1CCCN1S(=O)(=O)c1c(Cl)cccc1Cl)N1CCC(O)(c2cccnc2)CC1. The number of hydrogen-bond acceptors (Lipinski definition) is 6. The molecule has 1 aromatic heterocycles. The molecule has 1 atom stereocenters. The molecule has 2 saturated heterocycles. The van der Waals surface area contributed by atoms with Crippen molar-refractivity contribution in [1.82, 2.24) is 14.2 Å². The van der Waals surface area contributed by atoms with Crippen LogP contribution >= 0.6 is 23.2 Å². The van der Waals surface area contributed by atoms with Gasteiger partial charge in [0, 0.05) is 43.6 Å². The number of nitrogens with zero attached hydrogens (tertiary/aromatic N) is 3. The number of rotatable bonds is 7. The molecular formula is C23H27Cl2N3O5S. The van der Waals surface area contributed by atoms with Gasteiger partial charge in [-0.05, 0) is 43.9 Å². The van der Waals surface area contributed by atoms with Crippen molar-refractivity contribution in [3.8, 4) is 0 Å². The van der Waals surface area contributed by atoms with Gasteiger partial charge in [0.1, 0.15) is 11.5 Å². The summed E-state index contributed by atoms with van der Waals surface area (Å²) in [6.07, 6.45) is 5.44. The summed E-state index contributed by atoms with van der Waals surface area (Å²) in [7, 11) is -3.90. The standard InChI is InChI=1S/C23H27Cl2N3O5S/c24-19-6-1-7-20(25)22(19)34(31,32)28-11-3-5-18(28)15-33-16-21(29)27-12-8-23(30,9-13-27)17-4-2-10-26-14-17/h1-2,4,6-7,10,14,18,30H,3,5,8-9,11-13,15-16H2. The molecule has 1 N–H and O–H groups in total. The lowest BCUT2D eigenvalue weighted by Crippen LogP contribution is -2.46. The number of aliphatic hydroxyl groups is 1. The molecule has 0 bridgehead atoms. The van der Waals surface area contributed by atoms with E-state index in [0.29, 0.717) is 45.3 Å². The number of benzene rings is 1. The number of carbonyl (C=O) groups excluding carboxylic acids is 1. The number of pyridine rings is 1. The van der Waals surface area contributed by atoms with Crippen LogP contribution in [0.4, 0.5) is 0 Å². The number of amides is 1. The third-order valence-corrected chi connectivity index (χ3v) is 9.39. The highest BCUT2D eigenvalue weighted by molar-refractivity contribution is 7.89. The van der Waals surface area contributed by atoms with Gasteiger partial charge in [-0.3, -0.25) is 9.78 Å². The monoisotopic (exact) mass is 527 g/mol. The van der Waals surface area contributed by atoms with Crippen molar-refractivity contribution in [1.29, 1.82) is 0 Å². The summed E-state index contributed by atoms with van der Waals surface area (Å²) in [5.74, 6) is -0.185. The molecule has 4 rings (SSSR count). The van der Waals surface area contributed by atoms with Crippen LogP contribution in [0.5, 0.6) is 0 Å². The highest BCUT2D eigenvalue weighted by Crippen LogP contribution is 2.35. The van der Waals surface area contributed by atoms with Crippen molar-refractivity contribution in [2.45, 2.75) is 42.2 Å². The van der Waals surface area contributed by atoms with E-state index in [2.05, 4.69) is 4.98 Å². The first-order chi connectivity index (χ1) is 16.2. The number of hydrogen-bond donors (Lipinski definition) is 1. The van der Waals surface area contributed by atoms with Crippen LogP contribution in [0.15, 0.2) is 47.6 Å². The summed E-state index contributed by atoms with van der Waals surface area (Å²) in [5, 5.41) is 11.1. The lowest BCUT2D eigenvalue weighted by molar-refractivity contribution is -0.141. The number of ether oxygens (including phenoxy) is 1. The average Bonchev–Trinajstić information content (AvgIpc) is 3.29.